The molecule has 216 valence electrons. The molecule has 0 heterocycles. The number of nitrogens with one attached hydrogen (secondary N) is 1. The van der Waals surface area contributed by atoms with Gasteiger partial charge in [-0.25, -0.2) is 4.79 Å². The van der Waals surface area contributed by atoms with Crippen molar-refractivity contribution in [3.63, 3.8) is 0 Å². The van der Waals surface area contributed by atoms with Crippen molar-refractivity contribution >= 4 is 11.9 Å². The van der Waals surface area contributed by atoms with Gasteiger partial charge in [0.15, 0.2) is 0 Å². The van der Waals surface area contributed by atoms with E-state index in [1.54, 1.807) is 38.1 Å². The van der Waals surface area contributed by atoms with Crippen LogP contribution in [0.2, 0.25) is 0 Å². The molecular weight excluding hydrogens is 512 g/mol. The maximum absolute atomic E-state index is 12.4. The van der Waals surface area contributed by atoms with Crippen LogP contribution in [0.5, 0.6) is 0 Å². The zero-order valence-electron chi connectivity index (χ0n) is 23.4. The van der Waals surface area contributed by atoms with Gasteiger partial charge in [0.1, 0.15) is 6.04 Å². The van der Waals surface area contributed by atoms with Gasteiger partial charge in [-0.1, -0.05) is 11.8 Å². The Labute approximate surface area is 236 Å². The Kier molecular flexibility index (Phi) is 11.8. The van der Waals surface area contributed by atoms with Crippen molar-refractivity contribution in [3.8, 4) is 36.0 Å². The lowest BCUT2D eigenvalue weighted by atomic mass is 9.70. The number of methoxy groups -OCH3 is 1. The summed E-state index contributed by atoms with van der Waals surface area (Å²) in [5.74, 6) is 13.0. The summed E-state index contributed by atoms with van der Waals surface area (Å²) in [6.07, 6.45) is 8.23. The molecule has 3 rings (SSSR count). The number of benzene rings is 1. The Morgan fingerprint density at radius 3 is 2.02 bits per heavy atom. The first kappa shape index (κ1) is 32.8. The van der Waals surface area contributed by atoms with Gasteiger partial charge in [0, 0.05) is 42.7 Å². The van der Waals surface area contributed by atoms with Crippen LogP contribution in [0.3, 0.4) is 0 Å². The third-order valence-corrected chi connectivity index (χ3v) is 7.00. The molecule has 0 aromatic heterocycles. The minimum Gasteiger partial charge on any atom is -0.467 e. The number of nitrogens with two attached hydrogens (primary N) is 1. The first-order valence-corrected chi connectivity index (χ1v) is 13.1. The molecule has 2 fully saturated rings. The van der Waals surface area contributed by atoms with E-state index < -0.39 is 34.7 Å². The van der Waals surface area contributed by atoms with Gasteiger partial charge in [0.25, 0.3) is 5.91 Å². The molecule has 1 amide bonds. The molecule has 0 spiro atoms. The van der Waals surface area contributed by atoms with Crippen LogP contribution in [0.1, 0.15) is 68.3 Å². The topological polar surface area (TPSA) is 162 Å². The van der Waals surface area contributed by atoms with Gasteiger partial charge in [0.05, 0.1) is 18.3 Å². The van der Waals surface area contributed by atoms with E-state index in [2.05, 4.69) is 34.9 Å². The van der Waals surface area contributed by atoms with Crippen molar-refractivity contribution in [2.45, 2.75) is 75.2 Å². The van der Waals surface area contributed by atoms with Gasteiger partial charge in [-0.3, -0.25) is 4.79 Å². The molecule has 7 N–H and O–H groups in total. The Bertz CT molecular complexity index is 1180. The van der Waals surface area contributed by atoms with E-state index in [1.807, 2.05) is 0 Å². The quantitative estimate of drug-likeness (QED) is 0.203. The Morgan fingerprint density at radius 1 is 1.05 bits per heavy atom. The minimum absolute atomic E-state index is 0.0941. The lowest BCUT2D eigenvalue weighted by Gasteiger charge is -2.41. The average Bonchev–Trinajstić information content (AvgIpc) is 2.88. The van der Waals surface area contributed by atoms with E-state index >= 15 is 0 Å². The fourth-order valence-corrected chi connectivity index (χ4v) is 4.71. The fraction of sp³-hybridized carbons (Fsp3) is 0.548. The fourth-order valence-electron chi connectivity index (χ4n) is 4.71. The second-order valence-corrected chi connectivity index (χ2v) is 11.3. The molecule has 0 unspecified atom stereocenters. The van der Waals surface area contributed by atoms with Crippen LogP contribution in [0.15, 0.2) is 24.3 Å². The van der Waals surface area contributed by atoms with Crippen LogP contribution in [-0.2, 0) is 9.53 Å². The summed E-state index contributed by atoms with van der Waals surface area (Å²) in [5.41, 5.74) is 4.55. The maximum Gasteiger partial charge on any atom is 0.330 e. The van der Waals surface area contributed by atoms with Crippen LogP contribution >= 0.6 is 0 Å². The summed E-state index contributed by atoms with van der Waals surface area (Å²) in [4.78, 5) is 24.3. The Hall–Kier alpha value is -3.36. The normalized spacial score (nSPS) is 25.4. The molecule has 0 aliphatic heterocycles. The molecule has 0 saturated heterocycles. The molecule has 2 saturated carbocycles. The predicted molar refractivity (Wildman–Crippen MR) is 150 cm³/mol. The molecule has 2 aliphatic carbocycles. The molecule has 1 aromatic rings. The molecule has 0 radical (unpaired) electrons. The molecule has 1 aromatic carbocycles. The number of rotatable bonds is 8. The van der Waals surface area contributed by atoms with Gasteiger partial charge in [-0.05, 0) is 87.5 Å². The van der Waals surface area contributed by atoms with E-state index in [-0.39, 0.29) is 25.0 Å². The Balaban J connectivity index is 0.000000469. The van der Waals surface area contributed by atoms with Crippen LogP contribution in [-0.4, -0.2) is 75.4 Å². The van der Waals surface area contributed by atoms with E-state index in [9.17, 15) is 19.8 Å². The number of aliphatic hydroxyl groups is 4. The average molecular weight is 553 g/mol. The predicted octanol–water partition coefficient (Wildman–Crippen LogP) is 0.717. The smallest absolute Gasteiger partial charge is 0.330 e. The highest BCUT2D eigenvalue weighted by atomic mass is 16.5. The van der Waals surface area contributed by atoms with Crippen molar-refractivity contribution < 1.29 is 34.8 Å². The number of carbonyl (C=O) groups excluding carboxylic acids is 2. The summed E-state index contributed by atoms with van der Waals surface area (Å²) in [7, 11) is 1.24. The van der Waals surface area contributed by atoms with Gasteiger partial charge < -0.3 is 36.2 Å². The molecule has 9 heteroatoms. The second-order valence-electron chi connectivity index (χ2n) is 11.3. The minimum atomic E-state index is -0.988. The standard InChI is InChI=1S/C23H28N2O5.C8H12O2/c1-22(2,24)19(21(28)30-3)25-20(27)18-10-8-16(9-11-18)7-5-4-6-12-23(29)13-17(14-23)15-26;1-2-3-8(10)4-7(5-8)6-9/h8-11,17,19,26,29H,12-15,24H2,1-3H3,(H,25,27);1,7,9-10H,3-6H2/t17?,19-,23?;/m1./s1. The molecule has 0 bridgehead atoms. The van der Waals surface area contributed by atoms with Crippen LogP contribution in [0.25, 0.3) is 0 Å². The number of hydrogen-bond donors (Lipinski definition) is 6. The number of amides is 1. The lowest BCUT2D eigenvalue weighted by Crippen LogP contribution is -2.59. The van der Waals surface area contributed by atoms with Gasteiger partial charge in [-0.15, -0.1) is 12.3 Å². The summed E-state index contributed by atoms with van der Waals surface area (Å²) in [6.45, 7) is 3.52. The highest BCUT2D eigenvalue weighted by molar-refractivity contribution is 5.97. The van der Waals surface area contributed by atoms with Crippen LogP contribution in [0.4, 0.5) is 0 Å². The zero-order valence-corrected chi connectivity index (χ0v) is 23.4. The van der Waals surface area contributed by atoms with Crippen LogP contribution in [0, 0.1) is 47.9 Å². The van der Waals surface area contributed by atoms with Crippen molar-refractivity contribution in [2.75, 3.05) is 20.3 Å². The van der Waals surface area contributed by atoms with Gasteiger partial charge >= 0.3 is 5.97 Å². The first-order chi connectivity index (χ1) is 18.8. The van der Waals surface area contributed by atoms with Crippen molar-refractivity contribution in [2.24, 2.45) is 17.6 Å². The number of hydrogen-bond acceptors (Lipinski definition) is 8. The van der Waals surface area contributed by atoms with E-state index in [1.165, 1.54) is 7.11 Å². The molecule has 2 aliphatic rings. The Morgan fingerprint density at radius 2 is 1.57 bits per heavy atom. The number of terminal acetylenes is 1. The first-order valence-electron chi connectivity index (χ1n) is 13.1. The number of aliphatic hydroxyl groups excluding tert-OH is 2. The zero-order chi connectivity index (χ0) is 30.0. The summed E-state index contributed by atoms with van der Waals surface area (Å²) in [6, 6.07) is 5.56. The van der Waals surface area contributed by atoms with E-state index in [0.717, 1.165) is 0 Å². The largest absolute Gasteiger partial charge is 0.467 e. The second kappa shape index (κ2) is 14.3. The summed E-state index contributed by atoms with van der Waals surface area (Å²) >= 11 is 0. The summed E-state index contributed by atoms with van der Waals surface area (Å²) in [5, 5.41) is 39.8. The number of esters is 1. The summed E-state index contributed by atoms with van der Waals surface area (Å²) < 4.78 is 4.71. The molecule has 9 nitrogen and oxygen atoms in total. The highest BCUT2D eigenvalue weighted by Crippen LogP contribution is 2.40. The van der Waals surface area contributed by atoms with Gasteiger partial charge in [-0.2, -0.15) is 0 Å². The SMILES string of the molecule is C#CCC1(O)CC(CO)C1.COC(=O)[C@@H](NC(=O)c1ccc(C#CC#CCC2(O)CC(CO)C2)cc1)C(C)(C)N. The number of carbonyl (C=O) groups is 2. The van der Waals surface area contributed by atoms with E-state index in [0.29, 0.717) is 49.7 Å². The lowest BCUT2D eigenvalue weighted by molar-refractivity contribution is -0.144. The molecule has 40 heavy (non-hydrogen) atoms. The third-order valence-electron chi connectivity index (χ3n) is 7.00. The van der Waals surface area contributed by atoms with E-state index in [4.69, 9.17) is 27.1 Å². The highest BCUT2D eigenvalue weighted by Gasteiger charge is 2.42. The van der Waals surface area contributed by atoms with Gasteiger partial charge in [0.2, 0.25) is 0 Å². The van der Waals surface area contributed by atoms with Crippen molar-refractivity contribution in [3.05, 3.63) is 35.4 Å². The monoisotopic (exact) mass is 552 g/mol. The molecular formula is C31H40N2O7. The van der Waals surface area contributed by atoms with Crippen LogP contribution < -0.4 is 11.1 Å². The molecule has 1 atom stereocenters. The maximum atomic E-state index is 12.4. The third kappa shape index (κ3) is 9.68. The van der Waals surface area contributed by atoms with Crippen molar-refractivity contribution in [1.29, 1.82) is 0 Å². The number of ether oxygens (including phenoxy) is 1. The van der Waals surface area contributed by atoms with Crippen molar-refractivity contribution in [1.82, 2.24) is 5.32 Å².